The quantitative estimate of drug-likeness (QED) is 0.539. The average molecular weight is 416 g/mol. The number of nitrogens with two attached hydrogens (primary N) is 1. The van der Waals surface area contributed by atoms with E-state index in [1.807, 2.05) is 30.3 Å². The first-order chi connectivity index (χ1) is 13.9. The first-order valence-corrected chi connectivity index (χ1v) is 9.65. The molecule has 0 bridgehead atoms. The molecule has 1 atom stereocenters. The molecule has 3 rings (SSSR count). The number of aromatic nitrogens is 3. The second-order valence-electron chi connectivity index (χ2n) is 6.00. The maximum Gasteiger partial charge on any atom is 0.237 e. The van der Waals surface area contributed by atoms with Crippen molar-refractivity contribution < 1.29 is 13.6 Å². The van der Waals surface area contributed by atoms with E-state index in [0.29, 0.717) is 17.5 Å². The first kappa shape index (κ1) is 20.5. The molecular weight excluding hydrogens is 398 g/mol. The Labute approximate surface area is 170 Å². The molecule has 2 aromatic carbocycles. The highest BCUT2D eigenvalue weighted by Crippen LogP contribution is 2.20. The monoisotopic (exact) mass is 416 g/mol. The van der Waals surface area contributed by atoms with Crippen molar-refractivity contribution in [3.63, 3.8) is 0 Å². The third kappa shape index (κ3) is 5.85. The highest BCUT2D eigenvalue weighted by Gasteiger charge is 2.16. The lowest BCUT2D eigenvalue weighted by molar-refractivity contribution is -0.115. The number of amides is 1. The zero-order chi connectivity index (χ0) is 20.8. The molecule has 1 amide bonds. The summed E-state index contributed by atoms with van der Waals surface area (Å²) in [5, 5.41) is 5.09. The van der Waals surface area contributed by atoms with Gasteiger partial charge in [0.05, 0.1) is 11.0 Å². The lowest BCUT2D eigenvalue weighted by Crippen LogP contribution is -2.23. The minimum atomic E-state index is -1.03. The number of thioether (sulfide) groups is 1. The molecule has 0 aliphatic rings. The summed E-state index contributed by atoms with van der Waals surface area (Å²) in [6.07, 6.45) is 0. The Kier molecular flexibility index (Phi) is 6.55. The van der Waals surface area contributed by atoms with Gasteiger partial charge in [0.2, 0.25) is 17.8 Å². The van der Waals surface area contributed by atoms with E-state index < -0.39 is 16.9 Å². The van der Waals surface area contributed by atoms with E-state index in [4.69, 9.17) is 5.73 Å². The van der Waals surface area contributed by atoms with Gasteiger partial charge in [-0.1, -0.05) is 18.2 Å². The molecule has 1 unspecified atom stereocenters. The van der Waals surface area contributed by atoms with Crippen LogP contribution in [0.3, 0.4) is 0 Å². The summed E-state index contributed by atoms with van der Waals surface area (Å²) in [4.78, 5) is 24.7. The van der Waals surface area contributed by atoms with E-state index in [1.54, 1.807) is 6.92 Å². The largest absolute Gasteiger partial charge is 0.368 e. The van der Waals surface area contributed by atoms with Gasteiger partial charge in [0.1, 0.15) is 5.82 Å². The molecule has 4 N–H and O–H groups in total. The van der Waals surface area contributed by atoms with Gasteiger partial charge in [-0.05, 0) is 31.2 Å². The Morgan fingerprint density at radius 3 is 2.55 bits per heavy atom. The number of nitrogens with one attached hydrogen (secondary N) is 2. The molecule has 3 aromatic rings. The second-order valence-corrected chi connectivity index (χ2v) is 7.32. The molecule has 0 aliphatic carbocycles. The summed E-state index contributed by atoms with van der Waals surface area (Å²) in [7, 11) is 0. The topological polar surface area (TPSA) is 106 Å². The number of anilines is 4. The van der Waals surface area contributed by atoms with Gasteiger partial charge in [0.25, 0.3) is 0 Å². The molecule has 7 nitrogen and oxygen atoms in total. The first-order valence-electron chi connectivity index (χ1n) is 8.61. The predicted molar refractivity (Wildman–Crippen MR) is 110 cm³/mol. The van der Waals surface area contributed by atoms with Crippen molar-refractivity contribution in [3.8, 4) is 0 Å². The Morgan fingerprint density at radius 1 is 1.07 bits per heavy atom. The zero-order valence-corrected chi connectivity index (χ0v) is 16.2. The van der Waals surface area contributed by atoms with Crippen LogP contribution in [-0.4, -0.2) is 26.1 Å². The Hall–Kier alpha value is -3.27. The number of carbonyl (C=O) groups excluding carboxylic acids is 1. The van der Waals surface area contributed by atoms with Crippen LogP contribution in [0, 0.1) is 11.6 Å². The third-order valence-electron chi connectivity index (χ3n) is 3.75. The smallest absolute Gasteiger partial charge is 0.237 e. The number of nitrogens with zero attached hydrogens (tertiary/aromatic N) is 3. The lowest BCUT2D eigenvalue weighted by Gasteiger charge is -2.12. The van der Waals surface area contributed by atoms with Gasteiger partial charge in [-0.25, -0.2) is 8.78 Å². The fraction of sp³-hybridized carbons (Fsp3) is 0.158. The molecule has 1 heterocycles. The Bertz CT molecular complexity index is 1010. The van der Waals surface area contributed by atoms with Gasteiger partial charge >= 0.3 is 0 Å². The maximum atomic E-state index is 13.3. The standard InChI is InChI=1S/C19H18F2N6OS/c1-11(17(28)23-13-7-8-14(20)15(21)9-13)29-10-16-25-18(22)27-19(26-16)24-12-5-3-2-4-6-12/h2-9,11H,10H2,1H3,(H,23,28)(H3,22,24,25,26,27). The van der Waals surface area contributed by atoms with Crippen LogP contribution in [0.4, 0.5) is 32.1 Å². The van der Waals surface area contributed by atoms with Gasteiger partial charge in [0, 0.05) is 17.4 Å². The number of hydrogen-bond acceptors (Lipinski definition) is 7. The molecule has 150 valence electrons. The van der Waals surface area contributed by atoms with Crippen LogP contribution in [0.15, 0.2) is 48.5 Å². The number of benzene rings is 2. The molecule has 0 spiro atoms. The van der Waals surface area contributed by atoms with Crippen molar-refractivity contribution in [3.05, 3.63) is 66.0 Å². The summed E-state index contributed by atoms with van der Waals surface area (Å²) in [6, 6.07) is 12.5. The molecule has 0 radical (unpaired) electrons. The molecule has 10 heteroatoms. The Morgan fingerprint density at radius 2 is 1.83 bits per heavy atom. The maximum absolute atomic E-state index is 13.3. The van der Waals surface area contributed by atoms with E-state index in [0.717, 1.165) is 17.8 Å². The molecule has 29 heavy (non-hydrogen) atoms. The minimum absolute atomic E-state index is 0.0629. The van der Waals surface area contributed by atoms with Gasteiger partial charge in [-0.2, -0.15) is 15.0 Å². The van der Waals surface area contributed by atoms with Crippen molar-refractivity contribution in [2.24, 2.45) is 0 Å². The highest BCUT2D eigenvalue weighted by atomic mass is 32.2. The van der Waals surface area contributed by atoms with Crippen LogP contribution < -0.4 is 16.4 Å². The lowest BCUT2D eigenvalue weighted by atomic mass is 10.3. The van der Waals surface area contributed by atoms with Crippen molar-refractivity contribution in [1.29, 1.82) is 0 Å². The number of hydrogen-bond donors (Lipinski definition) is 3. The van der Waals surface area contributed by atoms with E-state index in [2.05, 4.69) is 25.6 Å². The van der Waals surface area contributed by atoms with Gasteiger partial charge in [-0.15, -0.1) is 11.8 Å². The number of para-hydroxylation sites is 1. The van der Waals surface area contributed by atoms with Gasteiger partial charge in [0.15, 0.2) is 11.6 Å². The summed E-state index contributed by atoms with van der Waals surface area (Å²) in [5.41, 5.74) is 6.73. The van der Waals surface area contributed by atoms with Crippen LogP contribution in [0.1, 0.15) is 12.7 Å². The zero-order valence-electron chi connectivity index (χ0n) is 15.4. The van der Waals surface area contributed by atoms with E-state index in [-0.39, 0.29) is 17.5 Å². The van der Waals surface area contributed by atoms with Crippen LogP contribution in [-0.2, 0) is 10.5 Å². The molecular formula is C19H18F2N6OS. The number of halogens is 2. The summed E-state index contributed by atoms with van der Waals surface area (Å²) in [6.45, 7) is 1.69. The van der Waals surface area contributed by atoms with E-state index in [1.165, 1.54) is 17.8 Å². The fourth-order valence-electron chi connectivity index (χ4n) is 2.30. The van der Waals surface area contributed by atoms with E-state index in [9.17, 15) is 13.6 Å². The Balaban J connectivity index is 1.59. The van der Waals surface area contributed by atoms with Crippen LogP contribution in [0.25, 0.3) is 0 Å². The van der Waals surface area contributed by atoms with Gasteiger partial charge in [-0.3, -0.25) is 4.79 Å². The molecule has 0 fully saturated rings. The van der Waals surface area contributed by atoms with Crippen molar-refractivity contribution in [1.82, 2.24) is 15.0 Å². The molecule has 0 saturated carbocycles. The van der Waals surface area contributed by atoms with Crippen LogP contribution >= 0.6 is 11.8 Å². The SMILES string of the molecule is CC(SCc1nc(N)nc(Nc2ccccc2)n1)C(=O)Nc1ccc(F)c(F)c1. The molecule has 0 saturated heterocycles. The van der Waals surface area contributed by atoms with Crippen molar-refractivity contribution in [2.45, 2.75) is 17.9 Å². The average Bonchev–Trinajstić information content (AvgIpc) is 2.69. The van der Waals surface area contributed by atoms with Crippen LogP contribution in [0.2, 0.25) is 0 Å². The number of nitrogen functional groups attached to an aromatic ring is 1. The van der Waals surface area contributed by atoms with Crippen molar-refractivity contribution >= 4 is 40.9 Å². The number of carbonyl (C=O) groups is 1. The van der Waals surface area contributed by atoms with E-state index >= 15 is 0 Å². The van der Waals surface area contributed by atoms with Gasteiger partial charge < -0.3 is 16.4 Å². The second kappa shape index (κ2) is 9.28. The fourth-order valence-corrected chi connectivity index (χ4v) is 3.04. The normalized spacial score (nSPS) is 11.7. The minimum Gasteiger partial charge on any atom is -0.368 e. The summed E-state index contributed by atoms with van der Waals surface area (Å²) in [5.74, 6) is -1.27. The molecule has 0 aliphatic heterocycles. The number of rotatable bonds is 7. The van der Waals surface area contributed by atoms with Crippen LogP contribution in [0.5, 0.6) is 0 Å². The van der Waals surface area contributed by atoms with Crippen molar-refractivity contribution in [2.75, 3.05) is 16.4 Å². The summed E-state index contributed by atoms with van der Waals surface area (Å²) < 4.78 is 26.2. The summed E-state index contributed by atoms with van der Waals surface area (Å²) >= 11 is 1.27. The highest BCUT2D eigenvalue weighted by molar-refractivity contribution is 7.99. The predicted octanol–water partition coefficient (Wildman–Crippen LogP) is 3.74. The third-order valence-corrected chi connectivity index (χ3v) is 4.89. The molecule has 1 aromatic heterocycles.